The van der Waals surface area contributed by atoms with Gasteiger partial charge in [-0.15, -0.1) is 0 Å². The Morgan fingerprint density at radius 1 is 0.950 bits per heavy atom. The van der Waals surface area contributed by atoms with Crippen molar-refractivity contribution < 1.29 is 4.74 Å². The van der Waals surface area contributed by atoms with E-state index in [1.165, 1.54) is 12.8 Å². The number of hydrogen-bond donors (Lipinski definition) is 2. The molecule has 0 amide bonds. The molecule has 20 heavy (non-hydrogen) atoms. The van der Waals surface area contributed by atoms with Crippen LogP contribution in [0.25, 0.3) is 0 Å². The lowest BCUT2D eigenvalue weighted by Gasteiger charge is -2.27. The molecule has 0 saturated carbocycles. The minimum atomic E-state index is 0.591. The molecule has 0 spiro atoms. The van der Waals surface area contributed by atoms with Gasteiger partial charge in [0.15, 0.2) is 0 Å². The molecule has 8 heteroatoms. The first-order valence-electron chi connectivity index (χ1n) is 7.13. The Balaban J connectivity index is 1.76. The van der Waals surface area contributed by atoms with Gasteiger partial charge in [-0.2, -0.15) is 15.0 Å². The van der Waals surface area contributed by atoms with Gasteiger partial charge in [-0.05, 0) is 12.8 Å². The van der Waals surface area contributed by atoms with Crippen molar-refractivity contribution in [1.29, 1.82) is 0 Å². The van der Waals surface area contributed by atoms with Gasteiger partial charge in [0.2, 0.25) is 17.8 Å². The molecular weight excluding hydrogens is 258 g/mol. The van der Waals surface area contributed by atoms with E-state index in [0.717, 1.165) is 45.3 Å². The fourth-order valence-corrected chi connectivity index (χ4v) is 2.40. The molecule has 0 unspecified atom stereocenters. The standard InChI is InChI=1S/C12H21N7O/c1-13-10-14-11(17-19-6-8-20-9-7-19)16-12(15-10)18-4-2-3-5-18/h2-9H2,1H3,(H2,13,14,15,16,17). The van der Waals surface area contributed by atoms with Crippen molar-refractivity contribution in [1.82, 2.24) is 20.0 Å². The number of hydrazine groups is 1. The van der Waals surface area contributed by atoms with Crippen LogP contribution in [0, 0.1) is 0 Å². The Bertz CT molecular complexity index is 443. The first-order chi connectivity index (χ1) is 9.85. The third kappa shape index (κ3) is 3.07. The molecule has 2 aliphatic heterocycles. The average molecular weight is 279 g/mol. The summed E-state index contributed by atoms with van der Waals surface area (Å²) in [6.45, 7) is 5.17. The fraction of sp³-hybridized carbons (Fsp3) is 0.750. The van der Waals surface area contributed by atoms with Crippen molar-refractivity contribution in [3.63, 3.8) is 0 Å². The van der Waals surface area contributed by atoms with E-state index in [9.17, 15) is 0 Å². The van der Waals surface area contributed by atoms with Gasteiger partial charge < -0.3 is 15.0 Å². The molecule has 0 atom stereocenters. The SMILES string of the molecule is CNc1nc(NN2CCOCC2)nc(N2CCCC2)n1. The number of rotatable bonds is 4. The summed E-state index contributed by atoms with van der Waals surface area (Å²) in [5.41, 5.74) is 3.24. The lowest BCUT2D eigenvalue weighted by atomic mass is 10.4. The Morgan fingerprint density at radius 2 is 1.65 bits per heavy atom. The molecule has 8 nitrogen and oxygen atoms in total. The lowest BCUT2D eigenvalue weighted by molar-refractivity contribution is 0.0492. The highest BCUT2D eigenvalue weighted by Gasteiger charge is 2.18. The van der Waals surface area contributed by atoms with Crippen LogP contribution in [0.1, 0.15) is 12.8 Å². The van der Waals surface area contributed by atoms with Gasteiger partial charge >= 0.3 is 0 Å². The van der Waals surface area contributed by atoms with Gasteiger partial charge in [0, 0.05) is 33.2 Å². The van der Waals surface area contributed by atoms with Crippen molar-refractivity contribution >= 4 is 17.8 Å². The second kappa shape index (κ2) is 6.19. The Kier molecular flexibility index (Phi) is 4.12. The molecule has 0 aliphatic carbocycles. The van der Waals surface area contributed by atoms with Crippen LogP contribution < -0.4 is 15.6 Å². The second-order valence-electron chi connectivity index (χ2n) is 4.94. The maximum atomic E-state index is 5.33. The summed E-state index contributed by atoms with van der Waals surface area (Å²) in [5, 5.41) is 5.07. The molecule has 2 fully saturated rings. The van der Waals surface area contributed by atoms with Crippen molar-refractivity contribution in [3.05, 3.63) is 0 Å². The lowest BCUT2D eigenvalue weighted by Crippen LogP contribution is -2.40. The molecule has 0 bridgehead atoms. The number of ether oxygens (including phenoxy) is 1. The third-order valence-electron chi connectivity index (χ3n) is 3.51. The van der Waals surface area contributed by atoms with Gasteiger partial charge in [-0.1, -0.05) is 0 Å². The number of nitrogens with zero attached hydrogens (tertiary/aromatic N) is 5. The molecule has 3 heterocycles. The molecular formula is C12H21N7O. The number of anilines is 3. The average Bonchev–Trinajstić information content (AvgIpc) is 3.02. The first kappa shape index (κ1) is 13.3. The van der Waals surface area contributed by atoms with E-state index in [2.05, 4.69) is 35.6 Å². The van der Waals surface area contributed by atoms with E-state index in [-0.39, 0.29) is 0 Å². The Morgan fingerprint density at radius 3 is 2.35 bits per heavy atom. The van der Waals surface area contributed by atoms with Crippen LogP contribution in [-0.4, -0.2) is 66.4 Å². The predicted molar refractivity (Wildman–Crippen MR) is 76.8 cm³/mol. The van der Waals surface area contributed by atoms with Crippen molar-refractivity contribution in [2.24, 2.45) is 0 Å². The maximum absolute atomic E-state index is 5.33. The largest absolute Gasteiger partial charge is 0.379 e. The quantitative estimate of drug-likeness (QED) is 0.808. The van der Waals surface area contributed by atoms with E-state index >= 15 is 0 Å². The van der Waals surface area contributed by atoms with E-state index < -0.39 is 0 Å². The maximum Gasteiger partial charge on any atom is 0.244 e. The zero-order valence-electron chi connectivity index (χ0n) is 11.8. The first-order valence-corrected chi connectivity index (χ1v) is 7.13. The summed E-state index contributed by atoms with van der Waals surface area (Å²) in [5.74, 6) is 1.93. The van der Waals surface area contributed by atoms with Crippen molar-refractivity contribution in [2.45, 2.75) is 12.8 Å². The minimum absolute atomic E-state index is 0.591. The summed E-state index contributed by atoms with van der Waals surface area (Å²) in [7, 11) is 1.82. The predicted octanol–water partition coefficient (Wildman–Crippen LogP) is 0.173. The van der Waals surface area contributed by atoms with Crippen LogP contribution in [0.15, 0.2) is 0 Å². The van der Waals surface area contributed by atoms with Crippen LogP contribution in [0.5, 0.6) is 0 Å². The smallest absolute Gasteiger partial charge is 0.244 e. The van der Waals surface area contributed by atoms with Gasteiger partial charge in [0.25, 0.3) is 0 Å². The molecule has 3 rings (SSSR count). The van der Waals surface area contributed by atoms with E-state index in [1.807, 2.05) is 7.05 Å². The van der Waals surface area contributed by atoms with Crippen molar-refractivity contribution in [3.8, 4) is 0 Å². The Hall–Kier alpha value is -1.67. The van der Waals surface area contributed by atoms with E-state index in [1.54, 1.807) is 0 Å². The van der Waals surface area contributed by atoms with Crippen LogP contribution in [-0.2, 0) is 4.74 Å². The highest BCUT2D eigenvalue weighted by atomic mass is 16.5. The molecule has 0 radical (unpaired) electrons. The van der Waals surface area contributed by atoms with Gasteiger partial charge in [0.1, 0.15) is 0 Å². The molecule has 0 aromatic carbocycles. The molecule has 2 aliphatic rings. The summed E-state index contributed by atoms with van der Waals surface area (Å²) in [4.78, 5) is 15.5. The second-order valence-corrected chi connectivity index (χ2v) is 4.94. The van der Waals surface area contributed by atoms with Gasteiger partial charge in [-0.3, -0.25) is 5.43 Å². The zero-order valence-corrected chi connectivity index (χ0v) is 11.8. The summed E-state index contributed by atoms with van der Waals surface area (Å²) in [6.07, 6.45) is 2.40. The molecule has 1 aromatic rings. The topological polar surface area (TPSA) is 78.4 Å². The van der Waals surface area contributed by atoms with Crippen LogP contribution in [0.4, 0.5) is 17.8 Å². The third-order valence-corrected chi connectivity index (χ3v) is 3.51. The Labute approximate surface area is 118 Å². The summed E-state index contributed by atoms with van der Waals surface area (Å²) < 4.78 is 5.33. The number of hydrogen-bond acceptors (Lipinski definition) is 8. The number of morpholine rings is 1. The fourth-order valence-electron chi connectivity index (χ4n) is 2.40. The highest BCUT2D eigenvalue weighted by molar-refractivity contribution is 5.43. The van der Waals surface area contributed by atoms with Crippen LogP contribution in [0.2, 0.25) is 0 Å². The highest BCUT2D eigenvalue weighted by Crippen LogP contribution is 2.18. The minimum Gasteiger partial charge on any atom is -0.379 e. The number of nitrogens with one attached hydrogen (secondary N) is 2. The monoisotopic (exact) mass is 279 g/mol. The van der Waals surface area contributed by atoms with Crippen LogP contribution in [0.3, 0.4) is 0 Å². The van der Waals surface area contributed by atoms with Gasteiger partial charge in [-0.25, -0.2) is 5.01 Å². The van der Waals surface area contributed by atoms with Crippen molar-refractivity contribution in [2.75, 3.05) is 62.1 Å². The summed E-state index contributed by atoms with van der Waals surface area (Å²) in [6, 6.07) is 0. The summed E-state index contributed by atoms with van der Waals surface area (Å²) >= 11 is 0. The van der Waals surface area contributed by atoms with E-state index in [4.69, 9.17) is 4.74 Å². The number of aromatic nitrogens is 3. The zero-order chi connectivity index (χ0) is 13.8. The molecule has 110 valence electrons. The normalized spacial score (nSPS) is 20.1. The molecule has 2 N–H and O–H groups in total. The molecule has 1 aromatic heterocycles. The molecule has 2 saturated heterocycles. The van der Waals surface area contributed by atoms with E-state index in [0.29, 0.717) is 11.9 Å². The van der Waals surface area contributed by atoms with Gasteiger partial charge in [0.05, 0.1) is 13.2 Å². The van der Waals surface area contributed by atoms with Crippen LogP contribution >= 0.6 is 0 Å².